The second kappa shape index (κ2) is 8.00. The third-order valence-corrected chi connectivity index (χ3v) is 2.95. The lowest BCUT2D eigenvalue weighted by Crippen LogP contribution is -2.40. The molecule has 122 valence electrons. The number of carbonyl (C=O) groups excluding carboxylic acids is 1. The monoisotopic (exact) mass is 331 g/mol. The van der Waals surface area contributed by atoms with Gasteiger partial charge in [-0.15, -0.1) is 12.6 Å². The minimum Gasteiger partial charge on any atom is -0.394 e. The number of aromatic nitrogens is 4. The van der Waals surface area contributed by atoms with Crippen LogP contribution in [0.2, 0.25) is 0 Å². The van der Waals surface area contributed by atoms with Crippen LogP contribution >= 0.6 is 12.6 Å². The van der Waals surface area contributed by atoms with Crippen molar-refractivity contribution in [2.45, 2.75) is 23.3 Å². The zero-order chi connectivity index (χ0) is 16.9. The number of rotatable bonds is 4. The van der Waals surface area contributed by atoms with Gasteiger partial charge in [-0.1, -0.05) is 0 Å². The van der Waals surface area contributed by atoms with Crippen LogP contribution in [0.4, 0.5) is 5.95 Å². The van der Waals surface area contributed by atoms with Crippen molar-refractivity contribution < 1.29 is 25.2 Å². The SMILES string of the molecule is Cn1cnc2nc(N)nc(S)c21.O=CC(O)C(O)C(O)CO. The van der Waals surface area contributed by atoms with Crippen molar-refractivity contribution in [1.82, 2.24) is 19.5 Å². The minimum atomic E-state index is -1.64. The maximum absolute atomic E-state index is 9.76. The summed E-state index contributed by atoms with van der Waals surface area (Å²) in [6.07, 6.45) is -2.98. The standard InChI is InChI=1S/C6H7N5S.C5H10O5/c1-11-2-8-4-3(11)5(12)10-6(7)9-4;6-1-3(8)5(10)4(9)2-7/h2H,1H3,(H3,7,9,10,12);1,3-5,7-10H,2H2. The lowest BCUT2D eigenvalue weighted by atomic mass is 10.1. The van der Waals surface area contributed by atoms with Gasteiger partial charge in [-0.2, -0.15) is 4.98 Å². The highest BCUT2D eigenvalue weighted by molar-refractivity contribution is 7.80. The number of aliphatic hydroxyl groups excluding tert-OH is 4. The van der Waals surface area contributed by atoms with E-state index in [1.165, 1.54) is 0 Å². The fourth-order valence-electron chi connectivity index (χ4n) is 1.47. The molecule has 6 N–H and O–H groups in total. The number of hydrogen-bond donors (Lipinski definition) is 6. The van der Waals surface area contributed by atoms with Crippen molar-refractivity contribution in [3.63, 3.8) is 0 Å². The fourth-order valence-corrected chi connectivity index (χ4v) is 1.83. The molecule has 3 unspecified atom stereocenters. The van der Waals surface area contributed by atoms with Crippen LogP contribution in [0.25, 0.3) is 11.2 Å². The number of hydrogen-bond acceptors (Lipinski definition) is 10. The van der Waals surface area contributed by atoms with E-state index in [1.54, 1.807) is 10.9 Å². The molecule has 0 aliphatic carbocycles. The molecule has 0 amide bonds. The van der Waals surface area contributed by atoms with Crippen LogP contribution in [0.1, 0.15) is 0 Å². The zero-order valence-electron chi connectivity index (χ0n) is 11.6. The van der Waals surface area contributed by atoms with E-state index in [1.807, 2.05) is 7.05 Å². The molecule has 2 aromatic rings. The lowest BCUT2D eigenvalue weighted by Gasteiger charge is -2.16. The number of nitrogen functional groups attached to an aromatic ring is 1. The van der Waals surface area contributed by atoms with Crippen molar-refractivity contribution >= 4 is 36.0 Å². The van der Waals surface area contributed by atoms with Gasteiger partial charge in [-0.3, -0.25) is 0 Å². The molecule has 0 spiro atoms. The number of anilines is 1. The highest BCUT2D eigenvalue weighted by Crippen LogP contribution is 2.17. The van der Waals surface area contributed by atoms with Gasteiger partial charge in [0.2, 0.25) is 5.95 Å². The van der Waals surface area contributed by atoms with E-state index in [-0.39, 0.29) is 12.2 Å². The van der Waals surface area contributed by atoms with Crippen LogP contribution in [-0.4, -0.2) is 71.2 Å². The number of fused-ring (bicyclic) bond motifs is 1. The summed E-state index contributed by atoms with van der Waals surface area (Å²) in [6, 6.07) is 0. The first kappa shape index (κ1) is 18.3. The van der Waals surface area contributed by atoms with E-state index in [4.69, 9.17) is 26.2 Å². The molecule has 3 atom stereocenters. The van der Waals surface area contributed by atoms with Gasteiger partial charge in [-0.05, 0) is 0 Å². The zero-order valence-corrected chi connectivity index (χ0v) is 12.5. The van der Waals surface area contributed by atoms with Crippen LogP contribution in [0.5, 0.6) is 0 Å². The summed E-state index contributed by atoms with van der Waals surface area (Å²) in [7, 11) is 1.86. The van der Waals surface area contributed by atoms with Crippen molar-refractivity contribution in [1.29, 1.82) is 0 Å². The number of aldehydes is 1. The Labute approximate surface area is 130 Å². The van der Waals surface area contributed by atoms with Crippen LogP contribution in [0.3, 0.4) is 0 Å². The summed E-state index contributed by atoms with van der Waals surface area (Å²) in [6.45, 7) is -0.688. The van der Waals surface area contributed by atoms with Crippen molar-refractivity contribution in [2.24, 2.45) is 7.05 Å². The molecule has 0 aliphatic heterocycles. The Morgan fingerprint density at radius 1 is 1.41 bits per heavy atom. The second-order valence-corrected chi connectivity index (χ2v) is 4.72. The largest absolute Gasteiger partial charge is 0.394 e. The van der Waals surface area contributed by atoms with Gasteiger partial charge in [0, 0.05) is 7.05 Å². The summed E-state index contributed by atoms with van der Waals surface area (Å²) in [5, 5.41) is 34.6. The molecule has 2 rings (SSSR count). The third-order valence-electron chi connectivity index (χ3n) is 2.64. The number of nitrogens with zero attached hydrogens (tertiary/aromatic N) is 4. The molecule has 0 bridgehead atoms. The smallest absolute Gasteiger partial charge is 0.223 e. The van der Waals surface area contributed by atoms with E-state index in [0.29, 0.717) is 10.7 Å². The van der Waals surface area contributed by atoms with Crippen LogP contribution in [0.15, 0.2) is 11.4 Å². The summed E-state index contributed by atoms with van der Waals surface area (Å²) in [5.74, 6) is 0.200. The van der Waals surface area contributed by atoms with Gasteiger partial charge < -0.3 is 35.5 Å². The second-order valence-electron chi connectivity index (χ2n) is 4.30. The van der Waals surface area contributed by atoms with E-state index in [2.05, 4.69) is 27.6 Å². The van der Waals surface area contributed by atoms with Crippen LogP contribution < -0.4 is 5.73 Å². The van der Waals surface area contributed by atoms with Gasteiger partial charge >= 0.3 is 0 Å². The summed E-state index contributed by atoms with van der Waals surface area (Å²) in [5.41, 5.74) is 6.79. The third kappa shape index (κ3) is 4.35. The molecular formula is C11H17N5O5S. The van der Waals surface area contributed by atoms with Gasteiger partial charge in [0.15, 0.2) is 11.9 Å². The molecule has 10 nitrogen and oxygen atoms in total. The molecule has 0 fully saturated rings. The Morgan fingerprint density at radius 3 is 2.59 bits per heavy atom. The molecule has 0 saturated heterocycles. The van der Waals surface area contributed by atoms with E-state index in [0.717, 1.165) is 5.52 Å². The molecule has 22 heavy (non-hydrogen) atoms. The van der Waals surface area contributed by atoms with Gasteiger partial charge in [0.25, 0.3) is 0 Å². The lowest BCUT2D eigenvalue weighted by molar-refractivity contribution is -0.127. The van der Waals surface area contributed by atoms with Gasteiger partial charge in [0.05, 0.1) is 12.9 Å². The maximum Gasteiger partial charge on any atom is 0.223 e. The Bertz CT molecular complexity index is 637. The van der Waals surface area contributed by atoms with E-state index < -0.39 is 24.9 Å². The molecule has 11 heteroatoms. The molecule has 2 heterocycles. The fraction of sp³-hybridized carbons (Fsp3) is 0.455. The number of imidazole rings is 1. The Kier molecular flexibility index (Phi) is 6.64. The summed E-state index contributed by atoms with van der Waals surface area (Å²) >= 11 is 4.16. The highest BCUT2D eigenvalue weighted by atomic mass is 32.1. The molecular weight excluding hydrogens is 314 g/mol. The van der Waals surface area contributed by atoms with Crippen molar-refractivity contribution in [2.75, 3.05) is 12.3 Å². The number of carbonyl (C=O) groups is 1. The first-order chi connectivity index (χ1) is 10.3. The van der Waals surface area contributed by atoms with Gasteiger partial charge in [0.1, 0.15) is 28.9 Å². The molecule has 0 aliphatic rings. The average molecular weight is 331 g/mol. The quantitative estimate of drug-likeness (QED) is 0.201. The molecule has 0 saturated carbocycles. The Hall–Kier alpha value is -1.79. The van der Waals surface area contributed by atoms with Crippen molar-refractivity contribution in [3.8, 4) is 0 Å². The predicted octanol–water partition coefficient (Wildman–Crippen LogP) is -2.51. The molecule has 2 aromatic heterocycles. The number of nitrogens with two attached hydrogens (primary N) is 1. The highest BCUT2D eigenvalue weighted by Gasteiger charge is 2.22. The average Bonchev–Trinajstić information content (AvgIpc) is 2.86. The molecule has 0 radical (unpaired) electrons. The summed E-state index contributed by atoms with van der Waals surface area (Å²) in [4.78, 5) is 21.6. The van der Waals surface area contributed by atoms with Crippen LogP contribution in [-0.2, 0) is 11.8 Å². The normalized spacial score (nSPS) is 14.8. The Morgan fingerprint density at radius 2 is 2.05 bits per heavy atom. The minimum absolute atomic E-state index is 0.0869. The first-order valence-corrected chi connectivity index (χ1v) is 6.50. The molecule has 0 aromatic carbocycles. The first-order valence-electron chi connectivity index (χ1n) is 6.05. The number of aliphatic hydroxyl groups is 4. The number of aryl methyl sites for hydroxylation is 1. The maximum atomic E-state index is 9.76. The van der Waals surface area contributed by atoms with Crippen molar-refractivity contribution in [3.05, 3.63) is 6.33 Å². The van der Waals surface area contributed by atoms with Crippen LogP contribution in [0, 0.1) is 0 Å². The topological polar surface area (TPSA) is 168 Å². The Balaban J connectivity index is 0.000000225. The van der Waals surface area contributed by atoms with Gasteiger partial charge in [-0.25, -0.2) is 9.97 Å². The predicted molar refractivity (Wildman–Crippen MR) is 79.1 cm³/mol. The van der Waals surface area contributed by atoms with E-state index in [9.17, 15) is 4.79 Å². The van der Waals surface area contributed by atoms with E-state index >= 15 is 0 Å². The summed E-state index contributed by atoms with van der Waals surface area (Å²) < 4.78 is 1.80. The number of thiol groups is 1.